The Hall–Kier alpha value is -3.57. The number of rotatable bonds is 5. The van der Waals surface area contributed by atoms with Crippen molar-refractivity contribution in [1.29, 1.82) is 0 Å². The Morgan fingerprint density at radius 2 is 1.91 bits per heavy atom. The van der Waals surface area contributed by atoms with Crippen molar-refractivity contribution in [2.45, 2.75) is 23.6 Å². The smallest absolute Gasteiger partial charge is 0.414 e. The quantitative estimate of drug-likeness (QED) is 0.570. The highest BCUT2D eigenvalue weighted by molar-refractivity contribution is 8.00. The van der Waals surface area contributed by atoms with Gasteiger partial charge in [-0.15, -0.1) is 11.8 Å². The first-order chi connectivity index (χ1) is 16.5. The molecule has 2 atom stereocenters. The van der Waals surface area contributed by atoms with Gasteiger partial charge in [0.05, 0.1) is 30.0 Å². The summed E-state index contributed by atoms with van der Waals surface area (Å²) in [5.41, 5.74) is 2.74. The molecule has 0 radical (unpaired) electrons. The number of benzene rings is 1. The maximum atomic E-state index is 12.5. The molecule has 10 nitrogen and oxygen atoms in total. The Labute approximate surface area is 198 Å². The van der Waals surface area contributed by atoms with Crippen molar-refractivity contribution in [3.05, 3.63) is 52.9 Å². The standard InChI is InChI=1S/C23H21N5O5S/c29-20-12-34-19-3-1-13(7-17(19)26-20)27-10-15(33-23(27)31)9-24-8-14-11-28-21(30)4-2-16-22(28)18(32-14)5-6-25-16/h1-7,14-15,24H,8-12H2,(H,26,29)/t14-,15+/m0/s1. The summed E-state index contributed by atoms with van der Waals surface area (Å²) < 4.78 is 13.3. The SMILES string of the molecule is O=C1CSc2ccc(N3C[C@@H](CNC[C@H]4Cn5c(=O)ccc6nccc(c65)O4)OC3=O)cc2N1. The largest absolute Gasteiger partial charge is 0.485 e. The molecule has 2 N–H and O–H groups in total. The summed E-state index contributed by atoms with van der Waals surface area (Å²) >= 11 is 1.48. The summed E-state index contributed by atoms with van der Waals surface area (Å²) in [6, 6.07) is 10.6. The summed E-state index contributed by atoms with van der Waals surface area (Å²) in [7, 11) is 0. The van der Waals surface area contributed by atoms with Crippen LogP contribution in [0.3, 0.4) is 0 Å². The minimum absolute atomic E-state index is 0.0527. The second-order valence-corrected chi connectivity index (χ2v) is 9.37. The molecule has 3 aliphatic heterocycles. The number of carbonyl (C=O) groups excluding carboxylic acids is 2. The fourth-order valence-electron chi connectivity index (χ4n) is 4.48. The van der Waals surface area contributed by atoms with Crippen LogP contribution in [0.15, 0.2) is 52.3 Å². The molecule has 0 bridgehead atoms. The number of anilines is 2. The molecule has 1 aromatic carbocycles. The monoisotopic (exact) mass is 479 g/mol. The zero-order valence-electron chi connectivity index (χ0n) is 18.0. The maximum Gasteiger partial charge on any atom is 0.414 e. The van der Waals surface area contributed by atoms with Gasteiger partial charge in [-0.2, -0.15) is 0 Å². The summed E-state index contributed by atoms with van der Waals surface area (Å²) in [6.07, 6.45) is 0.668. The van der Waals surface area contributed by atoms with Crippen molar-refractivity contribution >= 4 is 46.2 Å². The molecule has 2 amide bonds. The minimum Gasteiger partial charge on any atom is -0.485 e. The van der Waals surface area contributed by atoms with E-state index in [0.29, 0.717) is 54.6 Å². The third kappa shape index (κ3) is 3.76. The minimum atomic E-state index is -0.421. The fourth-order valence-corrected chi connectivity index (χ4v) is 5.27. The van der Waals surface area contributed by atoms with Gasteiger partial charge in [0, 0.05) is 42.0 Å². The lowest BCUT2D eigenvalue weighted by Gasteiger charge is -2.27. The Bertz CT molecular complexity index is 1380. The highest BCUT2D eigenvalue weighted by atomic mass is 32.2. The summed E-state index contributed by atoms with van der Waals surface area (Å²) in [5, 5.41) is 6.15. The Morgan fingerprint density at radius 1 is 1.06 bits per heavy atom. The maximum absolute atomic E-state index is 12.5. The van der Waals surface area contributed by atoms with E-state index in [0.717, 1.165) is 10.4 Å². The number of cyclic esters (lactones) is 1. The highest BCUT2D eigenvalue weighted by Gasteiger charge is 2.33. The molecule has 6 rings (SSSR count). The lowest BCUT2D eigenvalue weighted by molar-refractivity contribution is -0.113. The Morgan fingerprint density at radius 3 is 2.79 bits per heavy atom. The molecular formula is C23H21N5O5S. The number of nitrogens with one attached hydrogen (secondary N) is 2. The van der Waals surface area contributed by atoms with Gasteiger partial charge in [0.25, 0.3) is 5.56 Å². The molecule has 3 aromatic rings. The summed E-state index contributed by atoms with van der Waals surface area (Å²) in [6.45, 7) is 1.74. The number of thioether (sulfide) groups is 1. The predicted octanol–water partition coefficient (Wildman–Crippen LogP) is 1.82. The van der Waals surface area contributed by atoms with Crippen LogP contribution in [-0.4, -0.2) is 59.1 Å². The number of aromatic nitrogens is 2. The number of pyridine rings is 2. The van der Waals surface area contributed by atoms with Crippen LogP contribution in [0, 0.1) is 0 Å². The number of amides is 2. The van der Waals surface area contributed by atoms with Crippen molar-refractivity contribution in [1.82, 2.24) is 14.9 Å². The predicted molar refractivity (Wildman–Crippen MR) is 127 cm³/mol. The molecule has 0 saturated carbocycles. The second kappa shape index (κ2) is 8.33. The molecular weight excluding hydrogens is 458 g/mol. The van der Waals surface area contributed by atoms with E-state index in [4.69, 9.17) is 9.47 Å². The summed E-state index contributed by atoms with van der Waals surface area (Å²) in [5.74, 6) is 0.975. The normalized spacial score (nSPS) is 21.1. The van der Waals surface area contributed by atoms with Gasteiger partial charge in [0.2, 0.25) is 5.91 Å². The third-order valence-corrected chi connectivity index (χ3v) is 7.11. The van der Waals surface area contributed by atoms with Crippen LogP contribution < -0.4 is 25.8 Å². The van der Waals surface area contributed by atoms with Crippen LogP contribution in [0.4, 0.5) is 16.2 Å². The molecule has 34 heavy (non-hydrogen) atoms. The molecule has 1 saturated heterocycles. The molecule has 0 spiro atoms. The van der Waals surface area contributed by atoms with Gasteiger partial charge >= 0.3 is 6.09 Å². The topological polar surface area (TPSA) is 115 Å². The van der Waals surface area contributed by atoms with E-state index in [1.807, 2.05) is 12.1 Å². The van der Waals surface area contributed by atoms with E-state index >= 15 is 0 Å². The van der Waals surface area contributed by atoms with Crippen molar-refractivity contribution in [2.24, 2.45) is 0 Å². The van der Waals surface area contributed by atoms with Crippen LogP contribution in [-0.2, 0) is 16.1 Å². The lowest BCUT2D eigenvalue weighted by Crippen LogP contribution is -2.42. The third-order valence-electron chi connectivity index (χ3n) is 6.04. The molecule has 1 fully saturated rings. The molecule has 3 aliphatic rings. The van der Waals surface area contributed by atoms with Gasteiger partial charge in [0.15, 0.2) is 0 Å². The van der Waals surface area contributed by atoms with Gasteiger partial charge in [-0.1, -0.05) is 0 Å². The van der Waals surface area contributed by atoms with Gasteiger partial charge in [0.1, 0.15) is 23.5 Å². The van der Waals surface area contributed by atoms with E-state index < -0.39 is 6.09 Å². The van der Waals surface area contributed by atoms with Crippen molar-refractivity contribution in [3.8, 4) is 5.75 Å². The van der Waals surface area contributed by atoms with Crippen molar-refractivity contribution < 1.29 is 19.1 Å². The van der Waals surface area contributed by atoms with Crippen LogP contribution >= 0.6 is 11.8 Å². The Balaban J connectivity index is 1.08. The van der Waals surface area contributed by atoms with Gasteiger partial charge < -0.3 is 20.1 Å². The zero-order valence-corrected chi connectivity index (χ0v) is 18.8. The van der Waals surface area contributed by atoms with Crippen LogP contribution in [0.5, 0.6) is 5.75 Å². The van der Waals surface area contributed by atoms with Gasteiger partial charge in [-0.05, 0) is 24.3 Å². The fraction of sp³-hybridized carbons (Fsp3) is 0.304. The summed E-state index contributed by atoms with van der Waals surface area (Å²) in [4.78, 5) is 43.4. The molecule has 0 aliphatic carbocycles. The Kier molecular flexibility index (Phi) is 5.15. The van der Waals surface area contributed by atoms with E-state index in [-0.39, 0.29) is 23.7 Å². The van der Waals surface area contributed by atoms with E-state index in [1.54, 1.807) is 33.9 Å². The number of ether oxygens (including phenoxy) is 2. The number of nitrogens with zero attached hydrogens (tertiary/aromatic N) is 3. The number of hydrogen-bond donors (Lipinski definition) is 2. The number of hydrogen-bond acceptors (Lipinski definition) is 8. The van der Waals surface area contributed by atoms with Crippen LogP contribution in [0.25, 0.3) is 11.0 Å². The van der Waals surface area contributed by atoms with Crippen LogP contribution in [0.2, 0.25) is 0 Å². The number of carbonyl (C=O) groups is 2. The molecule has 2 aromatic heterocycles. The van der Waals surface area contributed by atoms with Gasteiger partial charge in [-0.25, -0.2) is 4.79 Å². The van der Waals surface area contributed by atoms with E-state index in [2.05, 4.69) is 15.6 Å². The van der Waals surface area contributed by atoms with E-state index in [9.17, 15) is 14.4 Å². The van der Waals surface area contributed by atoms with E-state index in [1.165, 1.54) is 17.8 Å². The molecule has 0 unspecified atom stereocenters. The average molecular weight is 480 g/mol. The molecule has 11 heteroatoms. The van der Waals surface area contributed by atoms with Crippen molar-refractivity contribution in [2.75, 3.05) is 35.6 Å². The average Bonchev–Trinajstić information content (AvgIpc) is 3.21. The van der Waals surface area contributed by atoms with Crippen LogP contribution in [0.1, 0.15) is 0 Å². The van der Waals surface area contributed by atoms with Crippen molar-refractivity contribution in [3.63, 3.8) is 0 Å². The first-order valence-corrected chi connectivity index (χ1v) is 11.9. The first kappa shape index (κ1) is 21.0. The number of fused-ring (bicyclic) bond motifs is 1. The lowest BCUT2D eigenvalue weighted by atomic mass is 10.2. The first-order valence-electron chi connectivity index (χ1n) is 11.0. The molecule has 174 valence electrons. The second-order valence-electron chi connectivity index (χ2n) is 8.36. The van der Waals surface area contributed by atoms with Gasteiger partial charge in [-0.3, -0.25) is 24.0 Å². The molecule has 5 heterocycles. The highest BCUT2D eigenvalue weighted by Crippen LogP contribution is 2.35. The zero-order chi connectivity index (χ0) is 23.2.